The zero-order chi connectivity index (χ0) is 16.3. The fraction of sp³-hybridized carbons (Fsp3) is 0.625. The molecule has 0 saturated heterocycles. The van der Waals surface area contributed by atoms with Gasteiger partial charge in [-0.25, -0.2) is 8.42 Å². The largest absolute Gasteiger partial charge is 0.391 e. The average molecular weight is 313 g/mol. The van der Waals surface area contributed by atoms with Crippen molar-refractivity contribution >= 4 is 9.84 Å². The van der Waals surface area contributed by atoms with Crippen molar-refractivity contribution in [3.05, 3.63) is 29.8 Å². The van der Waals surface area contributed by atoms with Crippen LogP contribution in [0.3, 0.4) is 0 Å². The molecule has 1 unspecified atom stereocenters. The van der Waals surface area contributed by atoms with Gasteiger partial charge in [-0.15, -0.1) is 0 Å². The highest BCUT2D eigenvalue weighted by Crippen LogP contribution is 2.18. The van der Waals surface area contributed by atoms with Crippen molar-refractivity contribution < 1.29 is 13.5 Å². The molecule has 0 aliphatic heterocycles. The number of nitrogens with one attached hydrogen (secondary N) is 1. The lowest BCUT2D eigenvalue weighted by atomic mass is 10.0. The summed E-state index contributed by atoms with van der Waals surface area (Å²) in [5.74, 6) is 0.0974. The molecule has 0 aromatic heterocycles. The van der Waals surface area contributed by atoms with Gasteiger partial charge < -0.3 is 10.4 Å². The van der Waals surface area contributed by atoms with E-state index in [0.717, 1.165) is 5.56 Å². The molecule has 1 aromatic carbocycles. The molecule has 0 aliphatic rings. The molecule has 2 N–H and O–H groups in total. The van der Waals surface area contributed by atoms with Gasteiger partial charge in [0.25, 0.3) is 0 Å². The van der Waals surface area contributed by atoms with E-state index in [9.17, 15) is 13.5 Å². The van der Waals surface area contributed by atoms with E-state index in [-0.39, 0.29) is 22.7 Å². The molecule has 21 heavy (non-hydrogen) atoms. The number of β-amino-alcohol motifs (C(OH)–C–C–N with tert-alkyl or cyclic N) is 1. The summed E-state index contributed by atoms with van der Waals surface area (Å²) < 4.78 is 24.5. The Morgan fingerprint density at radius 2 is 1.67 bits per heavy atom. The molecule has 0 saturated carbocycles. The Balaban J connectivity index is 2.72. The van der Waals surface area contributed by atoms with E-state index in [1.807, 2.05) is 32.9 Å². The summed E-state index contributed by atoms with van der Waals surface area (Å²) in [4.78, 5) is 0.265. The first kappa shape index (κ1) is 18.1. The zero-order valence-corrected chi connectivity index (χ0v) is 14.4. The predicted octanol–water partition coefficient (Wildman–Crippen LogP) is 2.33. The van der Waals surface area contributed by atoms with Crippen LogP contribution in [0.25, 0.3) is 0 Å². The standard InChI is InChI=1S/C16H27NO3S/c1-12(2)13-6-8-15(9-7-13)21(19,20)11-14(18)10-17-16(3,4)5/h6-9,12,14,17-18H,10-11H2,1-5H3. The van der Waals surface area contributed by atoms with E-state index in [4.69, 9.17) is 0 Å². The summed E-state index contributed by atoms with van der Waals surface area (Å²) in [6, 6.07) is 6.90. The Labute approximate surface area is 128 Å². The number of benzene rings is 1. The fourth-order valence-electron chi connectivity index (χ4n) is 1.89. The SMILES string of the molecule is CC(C)c1ccc(S(=O)(=O)CC(O)CNC(C)(C)C)cc1. The highest BCUT2D eigenvalue weighted by Gasteiger charge is 2.21. The predicted molar refractivity (Wildman–Crippen MR) is 86.3 cm³/mol. The Hall–Kier alpha value is -0.910. The first-order chi connectivity index (χ1) is 9.51. The van der Waals surface area contributed by atoms with E-state index < -0.39 is 15.9 Å². The van der Waals surface area contributed by atoms with Crippen molar-refractivity contribution in [2.45, 2.75) is 57.1 Å². The monoisotopic (exact) mass is 313 g/mol. The van der Waals surface area contributed by atoms with E-state index in [2.05, 4.69) is 19.2 Å². The van der Waals surface area contributed by atoms with Crippen LogP contribution in [-0.2, 0) is 9.84 Å². The van der Waals surface area contributed by atoms with E-state index in [1.54, 1.807) is 12.1 Å². The summed E-state index contributed by atoms with van der Waals surface area (Å²) in [5, 5.41) is 13.0. The molecule has 0 heterocycles. The second-order valence-electron chi connectivity index (χ2n) is 6.79. The summed E-state index contributed by atoms with van der Waals surface area (Å²) >= 11 is 0. The molecule has 0 fully saturated rings. The molecule has 0 amide bonds. The molecule has 0 spiro atoms. The third-order valence-corrected chi connectivity index (χ3v) is 5.00. The third-order valence-electron chi connectivity index (χ3n) is 3.19. The maximum absolute atomic E-state index is 12.3. The van der Waals surface area contributed by atoms with Gasteiger partial charge in [0, 0.05) is 12.1 Å². The smallest absolute Gasteiger partial charge is 0.180 e. The normalized spacial score (nSPS) is 14.4. The van der Waals surface area contributed by atoms with Gasteiger partial charge in [-0.1, -0.05) is 26.0 Å². The molecular formula is C16H27NO3S. The number of hydrogen-bond acceptors (Lipinski definition) is 4. The molecule has 1 aromatic rings. The average Bonchev–Trinajstić information content (AvgIpc) is 2.35. The van der Waals surface area contributed by atoms with E-state index in [1.165, 1.54) is 0 Å². The molecule has 5 heteroatoms. The highest BCUT2D eigenvalue weighted by atomic mass is 32.2. The lowest BCUT2D eigenvalue weighted by Crippen LogP contribution is -2.42. The zero-order valence-electron chi connectivity index (χ0n) is 13.6. The summed E-state index contributed by atoms with van der Waals surface area (Å²) in [6.07, 6.45) is -0.918. The number of rotatable bonds is 6. The van der Waals surface area contributed by atoms with Gasteiger partial charge in [-0.2, -0.15) is 0 Å². The fourth-order valence-corrected chi connectivity index (χ4v) is 3.26. The van der Waals surface area contributed by atoms with Gasteiger partial charge in [0.05, 0.1) is 16.8 Å². The van der Waals surface area contributed by atoms with Crippen molar-refractivity contribution in [3.63, 3.8) is 0 Å². The molecule has 1 rings (SSSR count). The van der Waals surface area contributed by atoms with Gasteiger partial charge in [-0.3, -0.25) is 0 Å². The quantitative estimate of drug-likeness (QED) is 0.846. The van der Waals surface area contributed by atoms with Crippen LogP contribution in [0.15, 0.2) is 29.2 Å². The minimum absolute atomic E-state index is 0.149. The van der Waals surface area contributed by atoms with Gasteiger partial charge in [0.1, 0.15) is 0 Å². The Morgan fingerprint density at radius 3 is 2.10 bits per heavy atom. The van der Waals surface area contributed by atoms with Crippen LogP contribution < -0.4 is 5.32 Å². The van der Waals surface area contributed by atoms with Crippen LogP contribution in [0.4, 0.5) is 0 Å². The lowest BCUT2D eigenvalue weighted by Gasteiger charge is -2.22. The third kappa shape index (κ3) is 6.16. The van der Waals surface area contributed by atoms with Crippen molar-refractivity contribution in [2.24, 2.45) is 0 Å². The van der Waals surface area contributed by atoms with Crippen LogP contribution in [-0.4, -0.2) is 37.5 Å². The number of aliphatic hydroxyl groups is 1. The van der Waals surface area contributed by atoms with Gasteiger partial charge in [0.15, 0.2) is 9.84 Å². The van der Waals surface area contributed by atoms with E-state index in [0.29, 0.717) is 5.92 Å². The van der Waals surface area contributed by atoms with Crippen molar-refractivity contribution in [1.82, 2.24) is 5.32 Å². The molecular weight excluding hydrogens is 286 g/mol. The van der Waals surface area contributed by atoms with Crippen molar-refractivity contribution in [3.8, 4) is 0 Å². The summed E-state index contributed by atoms with van der Waals surface area (Å²) in [6.45, 7) is 10.3. The first-order valence-corrected chi connectivity index (χ1v) is 8.92. The Bertz CT molecular complexity index is 542. The summed E-state index contributed by atoms with van der Waals surface area (Å²) in [5.41, 5.74) is 0.952. The van der Waals surface area contributed by atoms with E-state index >= 15 is 0 Å². The van der Waals surface area contributed by atoms with Crippen LogP contribution in [0.5, 0.6) is 0 Å². The molecule has 1 atom stereocenters. The Kier molecular flexibility index (Phi) is 5.96. The van der Waals surface area contributed by atoms with Crippen molar-refractivity contribution in [2.75, 3.05) is 12.3 Å². The topological polar surface area (TPSA) is 66.4 Å². The van der Waals surface area contributed by atoms with Gasteiger partial charge in [-0.05, 0) is 44.4 Å². The van der Waals surface area contributed by atoms with Crippen LogP contribution in [0.1, 0.15) is 46.1 Å². The molecule has 0 bridgehead atoms. The van der Waals surface area contributed by atoms with Gasteiger partial charge >= 0.3 is 0 Å². The van der Waals surface area contributed by atoms with Crippen LogP contribution in [0, 0.1) is 0 Å². The van der Waals surface area contributed by atoms with Crippen molar-refractivity contribution in [1.29, 1.82) is 0 Å². The summed E-state index contributed by atoms with van der Waals surface area (Å²) in [7, 11) is -3.46. The maximum atomic E-state index is 12.3. The second kappa shape index (κ2) is 6.90. The minimum atomic E-state index is -3.46. The van der Waals surface area contributed by atoms with Gasteiger partial charge in [0.2, 0.25) is 0 Å². The number of sulfone groups is 1. The first-order valence-electron chi connectivity index (χ1n) is 7.27. The molecule has 4 nitrogen and oxygen atoms in total. The highest BCUT2D eigenvalue weighted by molar-refractivity contribution is 7.91. The van der Waals surface area contributed by atoms with Crippen LogP contribution >= 0.6 is 0 Å². The molecule has 120 valence electrons. The molecule has 0 radical (unpaired) electrons. The minimum Gasteiger partial charge on any atom is -0.391 e. The lowest BCUT2D eigenvalue weighted by molar-refractivity contribution is 0.181. The van der Waals surface area contributed by atoms with Crippen LogP contribution in [0.2, 0.25) is 0 Å². The number of aliphatic hydroxyl groups excluding tert-OH is 1. The second-order valence-corrected chi connectivity index (χ2v) is 8.82. The Morgan fingerprint density at radius 1 is 1.14 bits per heavy atom. The molecule has 0 aliphatic carbocycles. The maximum Gasteiger partial charge on any atom is 0.180 e. The number of hydrogen-bond donors (Lipinski definition) is 2.